The number of carbonyl (C=O) groups is 1. The molecule has 0 saturated heterocycles. The lowest BCUT2D eigenvalue weighted by molar-refractivity contribution is 0.0934. The summed E-state index contributed by atoms with van der Waals surface area (Å²) in [6, 6.07) is 8.74. The quantitative estimate of drug-likeness (QED) is 0.575. The molecule has 3 aromatic heterocycles. The molecule has 1 atom stereocenters. The second kappa shape index (κ2) is 6.30. The number of hydrogen-bond donors (Lipinski definition) is 2. The molecule has 0 radical (unpaired) electrons. The lowest BCUT2D eigenvalue weighted by atomic mass is 10.1. The number of nitrogens with zero attached hydrogens (tertiary/aromatic N) is 4. The normalized spacial score (nSPS) is 12.4. The fourth-order valence-electron chi connectivity index (χ4n) is 2.42. The van der Waals surface area contributed by atoms with Crippen molar-refractivity contribution in [3.05, 3.63) is 58.4 Å². The Hall–Kier alpha value is -2.71. The summed E-state index contributed by atoms with van der Waals surface area (Å²) in [5.74, 6) is -0.246. The van der Waals surface area contributed by atoms with E-state index in [4.69, 9.17) is 11.6 Å². The Morgan fingerprint density at radius 1 is 1.36 bits per heavy atom. The molecule has 0 fully saturated rings. The van der Waals surface area contributed by atoms with Gasteiger partial charge in [-0.2, -0.15) is 10.2 Å². The second-order valence-corrected chi connectivity index (χ2v) is 6.75. The highest BCUT2D eigenvalue weighted by atomic mass is 35.5. The van der Waals surface area contributed by atoms with Crippen LogP contribution < -0.4 is 5.32 Å². The molecule has 1 aromatic carbocycles. The molecule has 126 valence electrons. The summed E-state index contributed by atoms with van der Waals surface area (Å²) in [7, 11) is 0. The Morgan fingerprint density at radius 2 is 2.16 bits per heavy atom. The number of carbonyl (C=O) groups excluding carboxylic acids is 1. The van der Waals surface area contributed by atoms with Gasteiger partial charge in [-0.15, -0.1) is 0 Å². The standard InChI is InChI=1S/C16H13ClN6OS/c1-9(14-7-23-16(20-14)25-8-18-23)19-15(24)13-6-12(21-22-13)10-2-4-11(17)5-3-10/h2-9H,1H3,(H,19,24)(H,21,22). The molecule has 9 heteroatoms. The predicted molar refractivity (Wildman–Crippen MR) is 95.8 cm³/mol. The molecule has 0 aliphatic heterocycles. The number of benzene rings is 1. The van der Waals surface area contributed by atoms with Crippen LogP contribution in [0, 0.1) is 0 Å². The Bertz CT molecular complexity index is 1010. The fourth-order valence-corrected chi connectivity index (χ4v) is 3.15. The molecule has 0 bridgehead atoms. The van der Waals surface area contributed by atoms with E-state index in [1.54, 1.807) is 28.2 Å². The smallest absolute Gasteiger partial charge is 0.269 e. The number of rotatable bonds is 4. The summed E-state index contributed by atoms with van der Waals surface area (Å²) in [6.45, 7) is 1.88. The van der Waals surface area contributed by atoms with Crippen LogP contribution in [0.4, 0.5) is 0 Å². The number of amides is 1. The number of fused-ring (bicyclic) bond motifs is 1. The van der Waals surface area contributed by atoms with Crippen molar-refractivity contribution in [1.82, 2.24) is 30.1 Å². The summed E-state index contributed by atoms with van der Waals surface area (Å²) in [5, 5.41) is 14.6. The van der Waals surface area contributed by atoms with Crippen molar-refractivity contribution in [2.75, 3.05) is 0 Å². The maximum atomic E-state index is 12.4. The first-order valence-electron chi connectivity index (χ1n) is 7.51. The van der Waals surface area contributed by atoms with Crippen LogP contribution >= 0.6 is 22.9 Å². The molecule has 4 aromatic rings. The van der Waals surface area contributed by atoms with Crippen molar-refractivity contribution >= 4 is 33.8 Å². The summed E-state index contributed by atoms with van der Waals surface area (Å²) in [5.41, 5.74) is 4.42. The largest absolute Gasteiger partial charge is 0.343 e. The summed E-state index contributed by atoms with van der Waals surface area (Å²) in [6.07, 6.45) is 1.81. The van der Waals surface area contributed by atoms with Crippen molar-refractivity contribution in [2.24, 2.45) is 0 Å². The molecular formula is C16H13ClN6OS. The Kier molecular flexibility index (Phi) is 3.98. The number of H-pyrrole nitrogens is 1. The average molecular weight is 373 g/mol. The molecule has 2 N–H and O–H groups in total. The van der Waals surface area contributed by atoms with Crippen LogP contribution in [-0.2, 0) is 0 Å². The average Bonchev–Trinajstić information content (AvgIpc) is 3.31. The van der Waals surface area contributed by atoms with Crippen LogP contribution in [0.2, 0.25) is 5.02 Å². The van der Waals surface area contributed by atoms with Crippen LogP contribution in [0.5, 0.6) is 0 Å². The van der Waals surface area contributed by atoms with Gasteiger partial charge >= 0.3 is 0 Å². The SMILES string of the molecule is CC(NC(=O)c1cc(-c2ccc(Cl)cc2)n[nH]1)c1cn2ncsc2n1. The van der Waals surface area contributed by atoms with E-state index in [-0.39, 0.29) is 11.9 Å². The third-order valence-corrected chi connectivity index (χ3v) is 4.70. The minimum absolute atomic E-state index is 0.246. The van der Waals surface area contributed by atoms with E-state index >= 15 is 0 Å². The third-order valence-electron chi connectivity index (χ3n) is 3.76. The van der Waals surface area contributed by atoms with Crippen molar-refractivity contribution in [2.45, 2.75) is 13.0 Å². The first kappa shape index (κ1) is 15.8. The van der Waals surface area contributed by atoms with Crippen molar-refractivity contribution in [3.8, 4) is 11.3 Å². The maximum Gasteiger partial charge on any atom is 0.269 e. The fraction of sp³-hybridized carbons (Fsp3) is 0.125. The summed E-state index contributed by atoms with van der Waals surface area (Å²) in [4.78, 5) is 17.7. The van der Waals surface area contributed by atoms with Gasteiger partial charge in [0.15, 0.2) is 0 Å². The van der Waals surface area contributed by atoms with Gasteiger partial charge < -0.3 is 5.32 Å². The Balaban J connectivity index is 1.49. The lowest BCUT2D eigenvalue weighted by Crippen LogP contribution is -2.27. The molecule has 0 aliphatic rings. The molecule has 25 heavy (non-hydrogen) atoms. The number of nitrogens with one attached hydrogen (secondary N) is 2. The highest BCUT2D eigenvalue weighted by molar-refractivity contribution is 7.14. The van der Waals surface area contributed by atoms with Gasteiger partial charge in [-0.1, -0.05) is 35.1 Å². The molecule has 1 unspecified atom stereocenters. The van der Waals surface area contributed by atoms with E-state index < -0.39 is 0 Å². The van der Waals surface area contributed by atoms with Crippen LogP contribution in [0.15, 0.2) is 42.0 Å². The first-order valence-corrected chi connectivity index (χ1v) is 8.77. The van der Waals surface area contributed by atoms with Crippen molar-refractivity contribution < 1.29 is 4.79 Å². The topological polar surface area (TPSA) is 88.0 Å². The first-order chi connectivity index (χ1) is 12.1. The lowest BCUT2D eigenvalue weighted by Gasteiger charge is -2.09. The molecule has 0 saturated carbocycles. The van der Waals surface area contributed by atoms with E-state index in [0.717, 1.165) is 16.2 Å². The van der Waals surface area contributed by atoms with E-state index in [9.17, 15) is 4.79 Å². The zero-order chi connectivity index (χ0) is 17.4. The van der Waals surface area contributed by atoms with Gasteiger partial charge in [0.25, 0.3) is 5.91 Å². The van der Waals surface area contributed by atoms with Gasteiger partial charge in [-0.05, 0) is 25.1 Å². The predicted octanol–water partition coefficient (Wildman–Crippen LogP) is 3.33. The zero-order valence-electron chi connectivity index (χ0n) is 13.1. The second-order valence-electron chi connectivity index (χ2n) is 5.50. The molecule has 4 rings (SSSR count). The molecule has 7 nitrogen and oxygen atoms in total. The highest BCUT2D eigenvalue weighted by Gasteiger charge is 2.17. The van der Waals surface area contributed by atoms with Crippen LogP contribution in [0.1, 0.15) is 29.1 Å². The van der Waals surface area contributed by atoms with Crippen molar-refractivity contribution in [3.63, 3.8) is 0 Å². The molecule has 0 aliphatic carbocycles. The Morgan fingerprint density at radius 3 is 2.92 bits per heavy atom. The molecule has 1 amide bonds. The van der Waals surface area contributed by atoms with Gasteiger partial charge in [0.1, 0.15) is 11.2 Å². The van der Waals surface area contributed by atoms with Gasteiger partial charge in [0, 0.05) is 10.6 Å². The molecular weight excluding hydrogens is 360 g/mol. The summed E-state index contributed by atoms with van der Waals surface area (Å²) >= 11 is 7.33. The van der Waals surface area contributed by atoms with Crippen LogP contribution in [0.25, 0.3) is 16.2 Å². The van der Waals surface area contributed by atoms with Crippen LogP contribution in [0.3, 0.4) is 0 Å². The zero-order valence-corrected chi connectivity index (χ0v) is 14.7. The van der Waals surface area contributed by atoms with Gasteiger partial charge in [0.05, 0.1) is 23.6 Å². The van der Waals surface area contributed by atoms with Crippen molar-refractivity contribution in [1.29, 1.82) is 0 Å². The highest BCUT2D eigenvalue weighted by Crippen LogP contribution is 2.21. The van der Waals surface area contributed by atoms with E-state index in [2.05, 4.69) is 25.6 Å². The number of hydrogen-bond acceptors (Lipinski definition) is 5. The number of imidazole rings is 1. The maximum absolute atomic E-state index is 12.4. The van der Waals surface area contributed by atoms with E-state index in [1.807, 2.05) is 25.3 Å². The monoisotopic (exact) mass is 372 g/mol. The number of halogens is 1. The van der Waals surface area contributed by atoms with Gasteiger partial charge in [-0.25, -0.2) is 9.50 Å². The van der Waals surface area contributed by atoms with E-state index in [0.29, 0.717) is 16.4 Å². The summed E-state index contributed by atoms with van der Waals surface area (Å²) < 4.78 is 1.69. The van der Waals surface area contributed by atoms with Gasteiger partial charge in [0.2, 0.25) is 4.96 Å². The molecule has 3 heterocycles. The third kappa shape index (κ3) is 3.13. The Labute approximate surface area is 151 Å². The minimum Gasteiger partial charge on any atom is -0.343 e. The molecule has 0 spiro atoms. The van der Waals surface area contributed by atoms with Crippen LogP contribution in [-0.4, -0.2) is 30.7 Å². The number of aromatic nitrogens is 5. The minimum atomic E-state index is -0.247. The van der Waals surface area contributed by atoms with E-state index in [1.165, 1.54) is 11.3 Å². The number of aromatic amines is 1. The van der Waals surface area contributed by atoms with Gasteiger partial charge in [-0.3, -0.25) is 9.89 Å².